The Labute approximate surface area is 174 Å². The van der Waals surface area contributed by atoms with Gasteiger partial charge >= 0.3 is 6.09 Å². The smallest absolute Gasteiger partial charge is 0.412 e. The summed E-state index contributed by atoms with van der Waals surface area (Å²) in [4.78, 5) is 38.6. The van der Waals surface area contributed by atoms with Crippen LogP contribution in [0.3, 0.4) is 0 Å². The van der Waals surface area contributed by atoms with Gasteiger partial charge in [0.25, 0.3) is 11.8 Å². The number of carbonyl (C=O) groups excluding carboxylic acids is 3. The van der Waals surface area contributed by atoms with Crippen LogP contribution in [0.4, 0.5) is 19.3 Å². The molecule has 6 nitrogen and oxygen atoms in total. The average molecular weight is 467 g/mol. The molecule has 0 fully saturated rings. The first-order valence-corrected chi connectivity index (χ1v) is 9.39. The number of hydrogen-bond donors (Lipinski definition) is 1. The van der Waals surface area contributed by atoms with E-state index in [0.717, 1.165) is 11.0 Å². The lowest BCUT2D eigenvalue weighted by atomic mass is 10.1. The number of carbonyl (C=O) groups is 3. The van der Waals surface area contributed by atoms with E-state index in [1.807, 2.05) is 0 Å². The standard InChI is InChI=1S/C20H17BrF2N2O4/c1-20(2,3)29-19(28)24-15-7-11(21)6-13-16(15)18(27)25(17(13)26)9-10-4-5-12(22)8-14(10)23/h4-8H,9H2,1-3H3,(H,24,28). The Morgan fingerprint density at radius 1 is 1.14 bits per heavy atom. The molecule has 3 rings (SSSR count). The molecule has 3 amide bonds. The molecule has 0 saturated heterocycles. The number of amides is 3. The molecule has 0 bridgehead atoms. The number of benzene rings is 2. The molecule has 1 aliphatic rings. The summed E-state index contributed by atoms with van der Waals surface area (Å²) in [7, 11) is 0. The highest BCUT2D eigenvalue weighted by Gasteiger charge is 2.39. The predicted molar refractivity (Wildman–Crippen MR) is 105 cm³/mol. The first-order chi connectivity index (χ1) is 13.5. The zero-order chi connectivity index (χ0) is 21.5. The lowest BCUT2D eigenvalue weighted by molar-refractivity contribution is 0.0631. The van der Waals surface area contributed by atoms with Crippen LogP contribution in [0.1, 0.15) is 47.1 Å². The Morgan fingerprint density at radius 3 is 2.45 bits per heavy atom. The highest BCUT2D eigenvalue weighted by molar-refractivity contribution is 9.10. The topological polar surface area (TPSA) is 75.7 Å². The number of halogens is 3. The Morgan fingerprint density at radius 2 is 1.83 bits per heavy atom. The fourth-order valence-electron chi connectivity index (χ4n) is 2.85. The van der Waals surface area contributed by atoms with E-state index in [0.29, 0.717) is 10.5 Å². The lowest BCUT2D eigenvalue weighted by Crippen LogP contribution is -2.30. The van der Waals surface area contributed by atoms with Gasteiger partial charge in [-0.15, -0.1) is 0 Å². The van der Waals surface area contributed by atoms with Gasteiger partial charge in [-0.3, -0.25) is 19.8 Å². The van der Waals surface area contributed by atoms with E-state index in [2.05, 4.69) is 21.2 Å². The number of imide groups is 1. The summed E-state index contributed by atoms with van der Waals surface area (Å²) in [6, 6.07) is 5.80. The van der Waals surface area contributed by atoms with Gasteiger partial charge in [-0.05, 0) is 39.0 Å². The Balaban J connectivity index is 1.93. The summed E-state index contributed by atoms with van der Waals surface area (Å²) in [5.41, 5.74) is -0.652. The van der Waals surface area contributed by atoms with Crippen LogP contribution < -0.4 is 5.32 Å². The molecule has 1 N–H and O–H groups in total. The van der Waals surface area contributed by atoms with Crippen LogP contribution in [0, 0.1) is 11.6 Å². The molecular weight excluding hydrogens is 450 g/mol. The van der Waals surface area contributed by atoms with Gasteiger partial charge in [0.05, 0.1) is 23.4 Å². The van der Waals surface area contributed by atoms with E-state index in [1.165, 1.54) is 18.2 Å². The molecule has 0 aromatic heterocycles. The highest BCUT2D eigenvalue weighted by Crippen LogP contribution is 2.34. The molecule has 0 atom stereocenters. The summed E-state index contributed by atoms with van der Waals surface area (Å²) in [5.74, 6) is -2.98. The summed E-state index contributed by atoms with van der Waals surface area (Å²) < 4.78 is 32.8. The van der Waals surface area contributed by atoms with Gasteiger partial charge in [-0.25, -0.2) is 13.6 Å². The first kappa shape index (κ1) is 20.9. The van der Waals surface area contributed by atoms with E-state index < -0.39 is 35.1 Å². The molecule has 1 heterocycles. The highest BCUT2D eigenvalue weighted by atomic mass is 79.9. The van der Waals surface area contributed by atoms with E-state index in [1.54, 1.807) is 20.8 Å². The van der Waals surface area contributed by atoms with Crippen molar-refractivity contribution in [3.8, 4) is 0 Å². The number of hydrogen-bond acceptors (Lipinski definition) is 4. The molecule has 152 valence electrons. The molecule has 1 aliphatic heterocycles. The van der Waals surface area contributed by atoms with Crippen molar-refractivity contribution in [1.82, 2.24) is 4.90 Å². The zero-order valence-electron chi connectivity index (χ0n) is 15.8. The van der Waals surface area contributed by atoms with Crippen molar-refractivity contribution in [2.75, 3.05) is 5.32 Å². The fraction of sp³-hybridized carbons (Fsp3) is 0.250. The van der Waals surface area contributed by atoms with Crippen LogP contribution in [0.15, 0.2) is 34.8 Å². The molecule has 0 aliphatic carbocycles. The van der Waals surface area contributed by atoms with Crippen LogP contribution in [0.25, 0.3) is 0 Å². The number of anilines is 1. The second kappa shape index (κ2) is 7.55. The summed E-state index contributed by atoms with van der Waals surface area (Å²) in [5, 5.41) is 2.48. The molecule has 0 spiro atoms. The fourth-order valence-corrected chi connectivity index (χ4v) is 3.31. The van der Waals surface area contributed by atoms with Crippen molar-refractivity contribution in [2.24, 2.45) is 0 Å². The van der Waals surface area contributed by atoms with E-state index in [4.69, 9.17) is 4.74 Å². The van der Waals surface area contributed by atoms with Gasteiger partial charge in [-0.2, -0.15) is 0 Å². The Hall–Kier alpha value is -2.81. The predicted octanol–water partition coefficient (Wildman–Crippen LogP) is 4.87. The minimum atomic E-state index is -0.866. The van der Waals surface area contributed by atoms with Gasteiger partial charge < -0.3 is 4.74 Å². The second-order valence-electron chi connectivity index (χ2n) is 7.43. The maximum atomic E-state index is 14.0. The van der Waals surface area contributed by atoms with Crippen molar-refractivity contribution in [3.05, 3.63) is 63.1 Å². The van der Waals surface area contributed by atoms with Gasteiger partial charge in [0, 0.05) is 16.1 Å². The summed E-state index contributed by atoms with van der Waals surface area (Å²) in [6.45, 7) is 4.69. The Bertz CT molecular complexity index is 1030. The van der Waals surface area contributed by atoms with Gasteiger partial charge in [0.15, 0.2) is 0 Å². The Kier molecular flexibility index (Phi) is 5.44. The third kappa shape index (κ3) is 4.45. The number of nitrogens with one attached hydrogen (secondary N) is 1. The molecule has 9 heteroatoms. The third-order valence-corrected chi connectivity index (χ3v) is 4.47. The third-order valence-electron chi connectivity index (χ3n) is 4.02. The van der Waals surface area contributed by atoms with Crippen LogP contribution in [-0.2, 0) is 11.3 Å². The normalized spacial score (nSPS) is 13.5. The molecule has 2 aromatic rings. The number of ether oxygens (including phenoxy) is 1. The molecular formula is C20H17BrF2N2O4. The minimum Gasteiger partial charge on any atom is -0.444 e. The second-order valence-corrected chi connectivity index (χ2v) is 8.35. The van der Waals surface area contributed by atoms with Crippen LogP contribution >= 0.6 is 15.9 Å². The van der Waals surface area contributed by atoms with Crippen molar-refractivity contribution < 1.29 is 27.9 Å². The van der Waals surface area contributed by atoms with E-state index in [9.17, 15) is 23.2 Å². The number of nitrogens with zero attached hydrogens (tertiary/aromatic N) is 1. The van der Waals surface area contributed by atoms with Gasteiger partial charge in [0.1, 0.15) is 17.2 Å². The minimum absolute atomic E-state index is 0.0124. The van der Waals surface area contributed by atoms with Crippen molar-refractivity contribution >= 4 is 39.5 Å². The van der Waals surface area contributed by atoms with E-state index >= 15 is 0 Å². The number of fused-ring (bicyclic) bond motifs is 1. The SMILES string of the molecule is CC(C)(C)OC(=O)Nc1cc(Br)cc2c1C(=O)N(Cc1ccc(F)cc1F)C2=O. The summed E-state index contributed by atoms with van der Waals surface area (Å²) >= 11 is 3.25. The van der Waals surface area contributed by atoms with Crippen LogP contribution in [0.5, 0.6) is 0 Å². The maximum absolute atomic E-state index is 14.0. The molecule has 0 unspecified atom stereocenters. The van der Waals surface area contributed by atoms with Crippen molar-refractivity contribution in [2.45, 2.75) is 32.9 Å². The van der Waals surface area contributed by atoms with Gasteiger partial charge in [0.2, 0.25) is 0 Å². The van der Waals surface area contributed by atoms with Crippen molar-refractivity contribution in [1.29, 1.82) is 0 Å². The lowest BCUT2D eigenvalue weighted by Gasteiger charge is -2.20. The molecule has 0 radical (unpaired) electrons. The zero-order valence-corrected chi connectivity index (χ0v) is 17.4. The number of rotatable bonds is 3. The van der Waals surface area contributed by atoms with Gasteiger partial charge in [-0.1, -0.05) is 22.0 Å². The van der Waals surface area contributed by atoms with Crippen LogP contribution in [0.2, 0.25) is 0 Å². The van der Waals surface area contributed by atoms with E-state index in [-0.39, 0.29) is 28.9 Å². The first-order valence-electron chi connectivity index (χ1n) is 8.60. The largest absolute Gasteiger partial charge is 0.444 e. The molecule has 29 heavy (non-hydrogen) atoms. The summed E-state index contributed by atoms with van der Waals surface area (Å²) in [6.07, 6.45) is -0.791. The van der Waals surface area contributed by atoms with Crippen molar-refractivity contribution in [3.63, 3.8) is 0 Å². The monoisotopic (exact) mass is 466 g/mol. The maximum Gasteiger partial charge on any atom is 0.412 e. The quantitative estimate of drug-likeness (QED) is 0.654. The van der Waals surface area contributed by atoms with Crippen LogP contribution in [-0.4, -0.2) is 28.4 Å². The molecule has 0 saturated carbocycles. The molecule has 2 aromatic carbocycles. The average Bonchev–Trinajstić information content (AvgIpc) is 2.80.